The lowest BCUT2D eigenvalue weighted by atomic mass is 9.25. The maximum atomic E-state index is 13.2. The Hall–Kier alpha value is -1.32. The van der Waals surface area contributed by atoms with Crippen LogP contribution < -0.4 is 0 Å². The topological polar surface area (TPSA) is 63.6 Å². The first-order valence-electron chi connectivity index (χ1n) is 15.8. The number of carboxylic acids is 1. The van der Waals surface area contributed by atoms with E-state index in [1.807, 2.05) is 6.92 Å². The van der Waals surface area contributed by atoms with Crippen LogP contribution in [0.25, 0.3) is 0 Å². The van der Waals surface area contributed by atoms with Gasteiger partial charge in [-0.3, -0.25) is 9.59 Å². The number of carbonyl (C=O) groups is 2. The third kappa shape index (κ3) is 3.08. The molecule has 0 radical (unpaired) electrons. The van der Waals surface area contributed by atoms with E-state index in [0.717, 1.165) is 25.7 Å². The van der Waals surface area contributed by atoms with Crippen molar-refractivity contribution in [3.63, 3.8) is 0 Å². The molecule has 9 atom stereocenters. The van der Waals surface area contributed by atoms with Gasteiger partial charge >= 0.3 is 11.9 Å². The average Bonchev–Trinajstić information content (AvgIpc) is 2.81. The maximum absolute atomic E-state index is 13.2. The number of fused-ring (bicyclic) bond motifs is 7. The number of carboxylic acid groups (broad SMARTS) is 1. The zero-order chi connectivity index (χ0) is 29.3. The van der Waals surface area contributed by atoms with Crippen LogP contribution >= 0.6 is 0 Å². The molecule has 0 unspecified atom stereocenters. The summed E-state index contributed by atoms with van der Waals surface area (Å²) < 4.78 is 5.80. The highest BCUT2D eigenvalue weighted by atomic mass is 16.5. The molecule has 0 bridgehead atoms. The molecule has 4 heteroatoms. The number of hydrogen-bond acceptors (Lipinski definition) is 3. The van der Waals surface area contributed by atoms with Gasteiger partial charge in [-0.05, 0) is 114 Å². The average molecular weight is 541 g/mol. The van der Waals surface area contributed by atoms with Crippen LogP contribution in [-0.4, -0.2) is 23.1 Å². The van der Waals surface area contributed by atoms with Gasteiger partial charge in [0, 0.05) is 6.92 Å². The van der Waals surface area contributed by atoms with Crippen LogP contribution in [0.3, 0.4) is 0 Å². The van der Waals surface area contributed by atoms with E-state index in [1.54, 1.807) is 5.57 Å². The van der Waals surface area contributed by atoms with Gasteiger partial charge in [0.2, 0.25) is 0 Å². The van der Waals surface area contributed by atoms with Gasteiger partial charge in [-0.2, -0.15) is 0 Å². The second kappa shape index (κ2) is 7.94. The van der Waals surface area contributed by atoms with E-state index in [4.69, 9.17) is 4.74 Å². The molecule has 4 nitrogen and oxygen atoms in total. The van der Waals surface area contributed by atoms with Crippen molar-refractivity contribution in [3.8, 4) is 0 Å². The molecule has 0 aromatic carbocycles. The van der Waals surface area contributed by atoms with Crippen molar-refractivity contribution in [2.24, 2.45) is 48.7 Å². The van der Waals surface area contributed by atoms with Crippen LogP contribution in [0, 0.1) is 48.7 Å². The second-order valence-corrected chi connectivity index (χ2v) is 17.4. The van der Waals surface area contributed by atoms with Gasteiger partial charge in [-0.15, -0.1) is 0 Å². The Morgan fingerprint density at radius 2 is 1.33 bits per heavy atom. The Labute approximate surface area is 238 Å². The summed E-state index contributed by atoms with van der Waals surface area (Å²) in [4.78, 5) is 25.3. The van der Waals surface area contributed by atoms with Crippen molar-refractivity contribution in [1.82, 2.24) is 0 Å². The number of hydrogen-bond donors (Lipinski definition) is 1. The summed E-state index contributed by atoms with van der Waals surface area (Å²) in [5.41, 5.74) is 0.822. The smallest absolute Gasteiger partial charge is 0.313 e. The third-order valence-electron chi connectivity index (χ3n) is 16.0. The molecule has 220 valence electrons. The lowest BCUT2D eigenvalue weighted by Crippen LogP contribution is -2.74. The first-order valence-corrected chi connectivity index (χ1v) is 15.8. The monoisotopic (exact) mass is 540 g/mol. The van der Waals surface area contributed by atoms with Crippen LogP contribution in [0.4, 0.5) is 0 Å². The molecular formula is C35H56O4. The van der Waals surface area contributed by atoms with Gasteiger partial charge in [-0.25, -0.2) is 0 Å². The normalized spacial score (nSPS) is 54.2. The van der Waals surface area contributed by atoms with E-state index < -0.39 is 22.9 Å². The molecule has 0 amide bonds. The molecule has 0 spiro atoms. The van der Waals surface area contributed by atoms with Gasteiger partial charge < -0.3 is 9.84 Å². The highest BCUT2D eigenvalue weighted by Crippen LogP contribution is 2.84. The van der Waals surface area contributed by atoms with Crippen LogP contribution in [0.5, 0.6) is 0 Å². The Bertz CT molecular complexity index is 1140. The molecule has 4 fully saturated rings. The molecule has 5 aliphatic rings. The van der Waals surface area contributed by atoms with E-state index >= 15 is 0 Å². The lowest BCUT2D eigenvalue weighted by molar-refractivity contribution is -0.294. The van der Waals surface area contributed by atoms with Crippen molar-refractivity contribution in [1.29, 1.82) is 0 Å². The molecule has 0 aromatic heterocycles. The minimum Gasteiger partial charge on any atom is -0.481 e. The predicted molar refractivity (Wildman–Crippen MR) is 156 cm³/mol. The highest BCUT2D eigenvalue weighted by Gasteiger charge is 2.79. The van der Waals surface area contributed by atoms with Crippen molar-refractivity contribution >= 4 is 11.9 Å². The fourth-order valence-electron chi connectivity index (χ4n) is 12.4. The minimum absolute atomic E-state index is 0.0535. The van der Waals surface area contributed by atoms with Gasteiger partial charge in [0.25, 0.3) is 0 Å². The molecule has 5 rings (SSSR count). The summed E-state index contributed by atoms with van der Waals surface area (Å²) in [6.07, 6.45) is 12.8. The molecule has 0 aromatic rings. The Balaban J connectivity index is 1.68. The summed E-state index contributed by atoms with van der Waals surface area (Å²) in [6, 6.07) is 0. The number of allylic oxidation sites excluding steroid dienone is 2. The van der Waals surface area contributed by atoms with Crippen molar-refractivity contribution in [3.05, 3.63) is 11.6 Å². The Morgan fingerprint density at radius 1 is 0.744 bits per heavy atom. The summed E-state index contributed by atoms with van der Waals surface area (Å²) in [5, 5.41) is 10.8. The predicted octanol–water partition coefficient (Wildman–Crippen LogP) is 8.97. The van der Waals surface area contributed by atoms with Gasteiger partial charge in [-0.1, -0.05) is 74.0 Å². The number of aliphatic carboxylic acids is 1. The summed E-state index contributed by atoms with van der Waals surface area (Å²) >= 11 is 0. The number of esters is 1. The number of ether oxygens (including phenoxy) is 1. The van der Waals surface area contributed by atoms with Crippen molar-refractivity contribution in [2.75, 3.05) is 0 Å². The fourth-order valence-corrected chi connectivity index (χ4v) is 12.4. The Morgan fingerprint density at radius 3 is 1.92 bits per heavy atom. The standard InChI is InChI=1S/C35H56O4/c1-23(36)39-25-13-15-33(9)32(8)14-12-24-29(5,19-18-28(4)17-16-27(2,3)22-30(24,28)6)31(32,7)20-21-34(33,10)35(25,11)26(37)38/h12,25H,13-22H2,1-11H3,(H,37,38)/t25-,28+,29-,30-,31-,32+,33+,34-,35-/m0/s1. The lowest BCUT2D eigenvalue weighted by Gasteiger charge is -2.79. The van der Waals surface area contributed by atoms with Crippen LogP contribution in [0.1, 0.15) is 140 Å². The van der Waals surface area contributed by atoms with Gasteiger partial charge in [0.15, 0.2) is 0 Å². The first-order chi connectivity index (χ1) is 17.6. The zero-order valence-corrected chi connectivity index (χ0v) is 26.9. The van der Waals surface area contributed by atoms with Gasteiger partial charge in [0.1, 0.15) is 11.5 Å². The SMILES string of the molecule is CC(=O)O[C@H]1CC[C@]2(C)[C@]3(C)CC=C4[C@]5(C)CC(C)(C)CC[C@]5(C)CC[C@]4(C)[C@]3(C)CC[C@]2(C)[C@]1(C)C(=O)O. The van der Waals surface area contributed by atoms with E-state index in [1.165, 1.54) is 39.0 Å². The summed E-state index contributed by atoms with van der Waals surface area (Å²) in [6.45, 7) is 25.7. The molecule has 0 aliphatic heterocycles. The second-order valence-electron chi connectivity index (χ2n) is 17.4. The van der Waals surface area contributed by atoms with Crippen molar-refractivity contribution < 1.29 is 19.4 Å². The number of carbonyl (C=O) groups excluding carboxylic acids is 1. The van der Waals surface area contributed by atoms with Crippen LogP contribution in [-0.2, 0) is 14.3 Å². The quantitative estimate of drug-likeness (QED) is 0.280. The molecule has 1 N–H and O–H groups in total. The van der Waals surface area contributed by atoms with E-state index in [0.29, 0.717) is 17.3 Å². The van der Waals surface area contributed by atoms with E-state index in [-0.39, 0.29) is 33.0 Å². The fraction of sp³-hybridized carbons (Fsp3) is 0.886. The molecule has 39 heavy (non-hydrogen) atoms. The summed E-state index contributed by atoms with van der Waals surface area (Å²) in [5.74, 6) is -1.20. The largest absolute Gasteiger partial charge is 0.481 e. The van der Waals surface area contributed by atoms with E-state index in [9.17, 15) is 14.7 Å². The molecule has 5 aliphatic carbocycles. The Kier molecular flexibility index (Phi) is 5.94. The highest BCUT2D eigenvalue weighted by molar-refractivity contribution is 5.78. The molecule has 0 saturated heterocycles. The minimum atomic E-state index is -1.13. The summed E-state index contributed by atoms with van der Waals surface area (Å²) in [7, 11) is 0. The van der Waals surface area contributed by atoms with Crippen molar-refractivity contribution in [2.45, 2.75) is 146 Å². The first kappa shape index (κ1) is 29.2. The zero-order valence-electron chi connectivity index (χ0n) is 26.9. The molecular weight excluding hydrogens is 484 g/mol. The maximum Gasteiger partial charge on any atom is 0.313 e. The van der Waals surface area contributed by atoms with Gasteiger partial charge in [0.05, 0.1) is 0 Å². The number of rotatable bonds is 2. The van der Waals surface area contributed by atoms with Crippen LogP contribution in [0.15, 0.2) is 11.6 Å². The third-order valence-corrected chi connectivity index (χ3v) is 16.0. The molecule has 4 saturated carbocycles. The van der Waals surface area contributed by atoms with E-state index in [2.05, 4.69) is 68.4 Å². The van der Waals surface area contributed by atoms with Crippen LogP contribution in [0.2, 0.25) is 0 Å². The molecule has 0 heterocycles.